The molecule has 2 atom stereocenters. The van der Waals surface area contributed by atoms with Gasteiger partial charge in [0.05, 0.1) is 6.54 Å². The number of hydrogen-bond acceptors (Lipinski definition) is 6. The van der Waals surface area contributed by atoms with Gasteiger partial charge in [0, 0.05) is 25.6 Å². The van der Waals surface area contributed by atoms with Crippen LogP contribution in [0.4, 0.5) is 4.79 Å². The number of carboxylic acids is 1. The van der Waals surface area contributed by atoms with Crippen LogP contribution in [0.2, 0.25) is 0 Å². The van der Waals surface area contributed by atoms with Crippen molar-refractivity contribution in [3.8, 4) is 11.1 Å². The summed E-state index contributed by atoms with van der Waals surface area (Å²) < 4.78 is 5.70. The first-order chi connectivity index (χ1) is 18.9. The summed E-state index contributed by atoms with van der Waals surface area (Å²) in [4.78, 5) is 39.5. The minimum Gasteiger partial charge on any atom is -0.479 e. The van der Waals surface area contributed by atoms with Crippen LogP contribution in [0.1, 0.15) is 29.0 Å². The number of benzene rings is 3. The second-order valence-electron chi connectivity index (χ2n) is 10.0. The second-order valence-corrected chi connectivity index (χ2v) is 10.0. The number of fused-ring (bicyclic) bond motifs is 3. The molecule has 1 aliphatic carbocycles. The van der Waals surface area contributed by atoms with Gasteiger partial charge in [0.1, 0.15) is 12.1 Å². The van der Waals surface area contributed by atoms with Crippen molar-refractivity contribution in [2.75, 3.05) is 26.2 Å². The third-order valence-electron chi connectivity index (χ3n) is 7.46. The number of likely N-dealkylation sites (tertiary alicyclic amines) is 1. The SMILES string of the molecule is O=C(NC1(C(=O)NC[C@H](O)C(=O)O)CCN(Cc2ccccc2)C1)OCC1c2ccccc2-c2ccccc21. The number of carbonyl (C=O) groups excluding carboxylic acids is 2. The molecular weight excluding hydrogens is 498 g/mol. The van der Waals surface area contributed by atoms with Gasteiger partial charge in [0.25, 0.3) is 0 Å². The van der Waals surface area contributed by atoms with E-state index in [0.717, 1.165) is 27.8 Å². The molecule has 0 radical (unpaired) electrons. The van der Waals surface area contributed by atoms with Crippen molar-refractivity contribution >= 4 is 18.0 Å². The van der Waals surface area contributed by atoms with Gasteiger partial charge in [-0.25, -0.2) is 9.59 Å². The number of aliphatic carboxylic acids is 1. The Balaban J connectivity index is 1.29. The maximum Gasteiger partial charge on any atom is 0.408 e. The van der Waals surface area contributed by atoms with Crippen molar-refractivity contribution in [2.45, 2.75) is 30.5 Å². The maximum atomic E-state index is 13.3. The molecule has 2 amide bonds. The molecule has 39 heavy (non-hydrogen) atoms. The summed E-state index contributed by atoms with van der Waals surface area (Å²) in [6.45, 7) is 0.957. The fourth-order valence-corrected chi connectivity index (χ4v) is 5.49. The first-order valence-electron chi connectivity index (χ1n) is 12.9. The van der Waals surface area contributed by atoms with E-state index in [4.69, 9.17) is 9.84 Å². The Morgan fingerprint density at radius 1 is 0.949 bits per heavy atom. The second kappa shape index (κ2) is 11.3. The van der Waals surface area contributed by atoms with Crippen molar-refractivity contribution in [2.24, 2.45) is 0 Å². The van der Waals surface area contributed by atoms with Crippen LogP contribution in [-0.2, 0) is 20.9 Å². The summed E-state index contributed by atoms with van der Waals surface area (Å²) in [6.07, 6.45) is -2.17. The monoisotopic (exact) mass is 529 g/mol. The quantitative estimate of drug-likeness (QED) is 0.336. The molecule has 0 aromatic heterocycles. The molecule has 0 spiro atoms. The van der Waals surface area contributed by atoms with E-state index in [2.05, 4.69) is 22.8 Å². The number of hydrogen-bond donors (Lipinski definition) is 4. The maximum absolute atomic E-state index is 13.3. The number of aliphatic hydroxyl groups is 1. The zero-order valence-corrected chi connectivity index (χ0v) is 21.4. The lowest BCUT2D eigenvalue weighted by atomic mass is 9.97. The molecule has 9 nitrogen and oxygen atoms in total. The molecule has 0 saturated carbocycles. The first kappa shape index (κ1) is 26.4. The van der Waals surface area contributed by atoms with Crippen LogP contribution in [0, 0.1) is 0 Å². The summed E-state index contributed by atoms with van der Waals surface area (Å²) in [5.74, 6) is -2.13. The molecule has 5 rings (SSSR count). The van der Waals surface area contributed by atoms with Crippen molar-refractivity contribution in [1.29, 1.82) is 0 Å². The fourth-order valence-electron chi connectivity index (χ4n) is 5.49. The van der Waals surface area contributed by atoms with Gasteiger partial charge in [0.15, 0.2) is 6.10 Å². The number of amides is 2. The van der Waals surface area contributed by atoms with E-state index in [-0.39, 0.29) is 19.1 Å². The van der Waals surface area contributed by atoms with Crippen LogP contribution in [0.5, 0.6) is 0 Å². The summed E-state index contributed by atoms with van der Waals surface area (Å²) in [6, 6.07) is 25.8. The van der Waals surface area contributed by atoms with E-state index < -0.39 is 36.2 Å². The highest BCUT2D eigenvalue weighted by molar-refractivity contribution is 5.91. The van der Waals surface area contributed by atoms with Crippen LogP contribution >= 0.6 is 0 Å². The summed E-state index contributed by atoms with van der Waals surface area (Å²) >= 11 is 0. The molecular formula is C30H31N3O6. The van der Waals surface area contributed by atoms with E-state index in [1.54, 1.807) is 0 Å². The Morgan fingerprint density at radius 3 is 2.21 bits per heavy atom. The van der Waals surface area contributed by atoms with Gasteiger partial charge in [-0.1, -0.05) is 78.9 Å². The smallest absolute Gasteiger partial charge is 0.408 e. The number of ether oxygens (including phenoxy) is 1. The Hall–Kier alpha value is -4.21. The Kier molecular flexibility index (Phi) is 7.63. The minimum absolute atomic E-state index is 0.100. The van der Waals surface area contributed by atoms with E-state index in [0.29, 0.717) is 19.5 Å². The van der Waals surface area contributed by atoms with Crippen molar-refractivity contribution in [3.63, 3.8) is 0 Å². The number of aliphatic hydroxyl groups excluding tert-OH is 1. The van der Waals surface area contributed by atoms with Crippen LogP contribution in [0.25, 0.3) is 11.1 Å². The number of nitrogens with one attached hydrogen (secondary N) is 2. The average Bonchev–Trinajstić information content (AvgIpc) is 3.50. The molecule has 4 N–H and O–H groups in total. The number of rotatable bonds is 9. The highest BCUT2D eigenvalue weighted by atomic mass is 16.5. The highest BCUT2D eigenvalue weighted by Crippen LogP contribution is 2.44. The molecule has 3 aromatic rings. The highest BCUT2D eigenvalue weighted by Gasteiger charge is 2.46. The van der Waals surface area contributed by atoms with Gasteiger partial charge < -0.3 is 25.6 Å². The molecule has 1 heterocycles. The standard InChI is InChI=1S/C30H31N3O6/c34-26(27(35)36)16-31-28(37)30(14-15-33(19-30)17-20-8-2-1-3-9-20)32-29(38)39-18-25-23-12-6-4-10-21(23)22-11-5-7-13-24(22)25/h1-13,25-26,34H,14-19H2,(H,31,37)(H,32,38)(H,35,36)/t26-,30?/m0/s1. The first-order valence-corrected chi connectivity index (χ1v) is 12.9. The molecule has 1 unspecified atom stereocenters. The Morgan fingerprint density at radius 2 is 1.56 bits per heavy atom. The molecule has 2 aliphatic rings. The number of nitrogens with zero attached hydrogens (tertiary/aromatic N) is 1. The van der Waals surface area contributed by atoms with Crippen LogP contribution < -0.4 is 10.6 Å². The molecule has 9 heteroatoms. The molecule has 1 aliphatic heterocycles. The largest absolute Gasteiger partial charge is 0.479 e. The van der Waals surface area contributed by atoms with Crippen molar-refractivity contribution in [1.82, 2.24) is 15.5 Å². The zero-order chi connectivity index (χ0) is 27.4. The van der Waals surface area contributed by atoms with Crippen LogP contribution in [-0.4, -0.2) is 71.0 Å². The zero-order valence-electron chi connectivity index (χ0n) is 21.4. The Bertz CT molecular complexity index is 1320. The van der Waals surface area contributed by atoms with Gasteiger partial charge in [-0.3, -0.25) is 9.69 Å². The van der Waals surface area contributed by atoms with E-state index in [9.17, 15) is 19.5 Å². The molecule has 202 valence electrons. The predicted octanol–water partition coefficient (Wildman–Crippen LogP) is 2.73. The Labute approximate surface area is 226 Å². The lowest BCUT2D eigenvalue weighted by molar-refractivity contribution is -0.146. The average molecular weight is 530 g/mol. The number of carbonyl (C=O) groups is 3. The molecule has 0 bridgehead atoms. The van der Waals surface area contributed by atoms with Crippen LogP contribution in [0.3, 0.4) is 0 Å². The van der Waals surface area contributed by atoms with Crippen LogP contribution in [0.15, 0.2) is 78.9 Å². The van der Waals surface area contributed by atoms with Gasteiger partial charge in [0.2, 0.25) is 5.91 Å². The lowest BCUT2D eigenvalue weighted by Crippen LogP contribution is -2.61. The normalized spacial score (nSPS) is 19.1. The fraction of sp³-hybridized carbons (Fsp3) is 0.300. The third kappa shape index (κ3) is 5.64. The van der Waals surface area contributed by atoms with Crippen molar-refractivity contribution < 1.29 is 29.3 Å². The number of alkyl carbamates (subject to hydrolysis) is 1. The van der Waals surface area contributed by atoms with E-state index in [1.807, 2.05) is 71.6 Å². The predicted molar refractivity (Wildman–Crippen MR) is 144 cm³/mol. The summed E-state index contributed by atoms with van der Waals surface area (Å²) in [7, 11) is 0. The van der Waals surface area contributed by atoms with Crippen molar-refractivity contribution in [3.05, 3.63) is 95.6 Å². The molecule has 3 aromatic carbocycles. The van der Waals surface area contributed by atoms with E-state index in [1.165, 1.54) is 0 Å². The number of carboxylic acid groups (broad SMARTS) is 1. The molecule has 1 saturated heterocycles. The van der Waals surface area contributed by atoms with E-state index >= 15 is 0 Å². The lowest BCUT2D eigenvalue weighted by Gasteiger charge is -2.29. The molecule has 1 fully saturated rings. The third-order valence-corrected chi connectivity index (χ3v) is 7.46. The minimum atomic E-state index is -1.75. The topological polar surface area (TPSA) is 128 Å². The van der Waals surface area contributed by atoms with Gasteiger partial charge in [-0.15, -0.1) is 0 Å². The van der Waals surface area contributed by atoms with Gasteiger partial charge in [-0.2, -0.15) is 0 Å². The summed E-state index contributed by atoms with van der Waals surface area (Å²) in [5.41, 5.74) is 4.11. The summed E-state index contributed by atoms with van der Waals surface area (Å²) in [5, 5.41) is 23.9. The van der Waals surface area contributed by atoms with Gasteiger partial charge in [-0.05, 0) is 34.2 Å². The van der Waals surface area contributed by atoms with Gasteiger partial charge >= 0.3 is 12.1 Å².